The largest absolute Gasteiger partial charge is 0.368 e. The second-order valence-electron chi connectivity index (χ2n) is 3.79. The highest BCUT2D eigenvalue weighted by molar-refractivity contribution is 5.87. The molecule has 1 fully saturated rings. The number of rotatable bonds is 4. The lowest BCUT2D eigenvalue weighted by Gasteiger charge is -2.32. The van der Waals surface area contributed by atoms with Crippen LogP contribution in [0.1, 0.15) is 39.0 Å². The number of Topliss-reactive ketones (excluding diaryl/α,β-unsaturated/α-hetero) is 1. The van der Waals surface area contributed by atoms with Gasteiger partial charge in [0.1, 0.15) is 5.60 Å². The van der Waals surface area contributed by atoms with Crippen molar-refractivity contribution in [2.45, 2.75) is 44.6 Å². The first-order valence-electron chi connectivity index (χ1n) is 4.97. The molecule has 1 rings (SSSR count). The number of carbonyl (C=O) groups is 1. The van der Waals surface area contributed by atoms with Crippen molar-refractivity contribution in [3.8, 4) is 0 Å². The van der Waals surface area contributed by atoms with E-state index in [-0.39, 0.29) is 5.78 Å². The molecule has 2 heteroatoms. The van der Waals surface area contributed by atoms with E-state index in [9.17, 15) is 4.79 Å². The van der Waals surface area contributed by atoms with Crippen molar-refractivity contribution in [2.24, 2.45) is 0 Å². The summed E-state index contributed by atoms with van der Waals surface area (Å²) in [6, 6.07) is 0. The molecule has 0 aliphatic carbocycles. The number of hydrogen-bond acceptors (Lipinski definition) is 2. The zero-order valence-electron chi connectivity index (χ0n) is 8.34. The van der Waals surface area contributed by atoms with E-state index in [1.807, 2.05) is 6.92 Å². The Labute approximate surface area is 80.0 Å². The maximum atomic E-state index is 11.7. The quantitative estimate of drug-likeness (QED) is 0.624. The van der Waals surface area contributed by atoms with Crippen molar-refractivity contribution in [1.29, 1.82) is 0 Å². The van der Waals surface area contributed by atoms with Gasteiger partial charge in [0.25, 0.3) is 0 Å². The number of allylic oxidation sites excluding steroid dienone is 1. The summed E-state index contributed by atoms with van der Waals surface area (Å²) >= 11 is 0. The molecular formula is C11H18O2. The lowest BCUT2D eigenvalue weighted by molar-refractivity contribution is -0.147. The van der Waals surface area contributed by atoms with Crippen molar-refractivity contribution in [3.63, 3.8) is 0 Å². The molecule has 13 heavy (non-hydrogen) atoms. The molecule has 74 valence electrons. The number of hydrogen-bond donors (Lipinski definition) is 0. The van der Waals surface area contributed by atoms with Gasteiger partial charge in [0.2, 0.25) is 0 Å². The van der Waals surface area contributed by atoms with Crippen LogP contribution in [0.5, 0.6) is 0 Å². The molecule has 1 heterocycles. The van der Waals surface area contributed by atoms with Gasteiger partial charge in [-0.2, -0.15) is 0 Å². The third kappa shape index (κ3) is 2.66. The van der Waals surface area contributed by atoms with Crippen molar-refractivity contribution >= 4 is 5.78 Å². The van der Waals surface area contributed by atoms with Crippen LogP contribution in [0.4, 0.5) is 0 Å². The van der Waals surface area contributed by atoms with Gasteiger partial charge in [-0.3, -0.25) is 4.79 Å². The Morgan fingerprint density at radius 2 is 2.38 bits per heavy atom. The minimum absolute atomic E-state index is 0.229. The molecule has 1 saturated heterocycles. The van der Waals surface area contributed by atoms with E-state index in [0.29, 0.717) is 6.42 Å². The Kier molecular flexibility index (Phi) is 3.67. The molecule has 0 N–H and O–H groups in total. The summed E-state index contributed by atoms with van der Waals surface area (Å²) < 4.78 is 5.54. The van der Waals surface area contributed by atoms with Crippen molar-refractivity contribution in [3.05, 3.63) is 12.7 Å². The first kappa shape index (κ1) is 10.5. The Bertz CT molecular complexity index is 190. The minimum atomic E-state index is -0.499. The van der Waals surface area contributed by atoms with Crippen molar-refractivity contribution in [2.75, 3.05) is 6.61 Å². The Balaban J connectivity index is 2.46. The molecule has 0 bridgehead atoms. The van der Waals surface area contributed by atoms with Crippen LogP contribution in [0.2, 0.25) is 0 Å². The maximum Gasteiger partial charge on any atom is 0.164 e. The lowest BCUT2D eigenvalue weighted by atomic mass is 9.89. The fourth-order valence-electron chi connectivity index (χ4n) is 1.65. The maximum absolute atomic E-state index is 11.7. The average molecular weight is 182 g/mol. The van der Waals surface area contributed by atoms with Crippen LogP contribution in [-0.4, -0.2) is 18.0 Å². The van der Waals surface area contributed by atoms with Crippen LogP contribution in [0, 0.1) is 0 Å². The third-order valence-electron chi connectivity index (χ3n) is 2.63. The topological polar surface area (TPSA) is 26.3 Å². The number of carbonyl (C=O) groups excluding carboxylic acids is 1. The minimum Gasteiger partial charge on any atom is -0.368 e. The van der Waals surface area contributed by atoms with Crippen LogP contribution in [0.15, 0.2) is 12.7 Å². The van der Waals surface area contributed by atoms with E-state index < -0.39 is 5.60 Å². The summed E-state index contributed by atoms with van der Waals surface area (Å²) in [4.78, 5) is 11.7. The van der Waals surface area contributed by atoms with Crippen molar-refractivity contribution in [1.82, 2.24) is 0 Å². The lowest BCUT2D eigenvalue weighted by Crippen LogP contribution is -2.41. The first-order valence-corrected chi connectivity index (χ1v) is 4.97. The van der Waals surface area contributed by atoms with Gasteiger partial charge in [-0.05, 0) is 32.6 Å². The van der Waals surface area contributed by atoms with E-state index in [4.69, 9.17) is 4.74 Å². The van der Waals surface area contributed by atoms with E-state index in [0.717, 1.165) is 32.3 Å². The molecular weight excluding hydrogens is 164 g/mol. The summed E-state index contributed by atoms with van der Waals surface area (Å²) in [5.74, 6) is 0.229. The zero-order valence-corrected chi connectivity index (χ0v) is 8.34. The second kappa shape index (κ2) is 4.56. The summed E-state index contributed by atoms with van der Waals surface area (Å²) in [6.07, 6.45) is 6.19. The zero-order chi connectivity index (χ0) is 9.73. The highest BCUT2D eigenvalue weighted by Crippen LogP contribution is 2.26. The molecule has 0 unspecified atom stereocenters. The van der Waals surface area contributed by atoms with Gasteiger partial charge in [-0.15, -0.1) is 6.58 Å². The Hall–Kier alpha value is -0.630. The van der Waals surface area contributed by atoms with Crippen LogP contribution >= 0.6 is 0 Å². The van der Waals surface area contributed by atoms with Crippen LogP contribution in [0.25, 0.3) is 0 Å². The summed E-state index contributed by atoms with van der Waals surface area (Å²) in [5, 5.41) is 0. The van der Waals surface area contributed by atoms with E-state index >= 15 is 0 Å². The van der Waals surface area contributed by atoms with Gasteiger partial charge < -0.3 is 4.74 Å². The monoisotopic (exact) mass is 182 g/mol. The second-order valence-corrected chi connectivity index (χ2v) is 3.79. The van der Waals surface area contributed by atoms with Gasteiger partial charge in [-0.25, -0.2) is 0 Å². The van der Waals surface area contributed by atoms with Crippen molar-refractivity contribution < 1.29 is 9.53 Å². The smallest absolute Gasteiger partial charge is 0.164 e. The fraction of sp³-hybridized carbons (Fsp3) is 0.727. The summed E-state index contributed by atoms with van der Waals surface area (Å²) in [7, 11) is 0. The molecule has 0 radical (unpaired) electrons. The van der Waals surface area contributed by atoms with E-state index in [1.54, 1.807) is 6.08 Å². The van der Waals surface area contributed by atoms with Gasteiger partial charge >= 0.3 is 0 Å². The highest BCUT2D eigenvalue weighted by Gasteiger charge is 2.34. The predicted octanol–water partition coefficient (Wildman–Crippen LogP) is 2.48. The summed E-state index contributed by atoms with van der Waals surface area (Å²) in [5.41, 5.74) is -0.499. The van der Waals surface area contributed by atoms with Crippen LogP contribution in [0.3, 0.4) is 0 Å². The van der Waals surface area contributed by atoms with Gasteiger partial charge in [0.05, 0.1) is 0 Å². The molecule has 0 saturated carbocycles. The van der Waals surface area contributed by atoms with Gasteiger partial charge in [0.15, 0.2) is 5.78 Å². The molecule has 0 aromatic rings. The SMILES string of the molecule is C=CCCC(=O)[C@]1(C)CCCCO1. The first-order chi connectivity index (χ1) is 6.19. The standard InChI is InChI=1S/C11H18O2/c1-3-4-7-10(12)11(2)8-5-6-9-13-11/h3H,1,4-9H2,2H3/t11-/m0/s1. The molecule has 0 spiro atoms. The average Bonchev–Trinajstić information content (AvgIpc) is 2.15. The molecule has 0 amide bonds. The number of ether oxygens (including phenoxy) is 1. The Morgan fingerprint density at radius 1 is 1.62 bits per heavy atom. The van der Waals surface area contributed by atoms with Crippen LogP contribution in [-0.2, 0) is 9.53 Å². The molecule has 1 aliphatic heterocycles. The third-order valence-corrected chi connectivity index (χ3v) is 2.63. The Morgan fingerprint density at radius 3 is 2.92 bits per heavy atom. The van der Waals surface area contributed by atoms with Gasteiger partial charge in [0, 0.05) is 13.0 Å². The number of ketones is 1. The molecule has 0 aromatic heterocycles. The predicted molar refractivity (Wildman–Crippen MR) is 52.6 cm³/mol. The van der Waals surface area contributed by atoms with Crippen LogP contribution < -0.4 is 0 Å². The molecule has 1 atom stereocenters. The van der Waals surface area contributed by atoms with E-state index in [2.05, 4.69) is 6.58 Å². The highest BCUT2D eigenvalue weighted by atomic mass is 16.5. The van der Waals surface area contributed by atoms with E-state index in [1.165, 1.54) is 0 Å². The fourth-order valence-corrected chi connectivity index (χ4v) is 1.65. The molecule has 2 nitrogen and oxygen atoms in total. The van der Waals surface area contributed by atoms with Gasteiger partial charge in [-0.1, -0.05) is 6.08 Å². The molecule has 1 aliphatic rings. The normalized spacial score (nSPS) is 28.4. The summed E-state index contributed by atoms with van der Waals surface area (Å²) in [6.45, 7) is 6.25. The molecule has 0 aromatic carbocycles.